The molecule has 0 saturated heterocycles. The van der Waals surface area contributed by atoms with Gasteiger partial charge in [-0.1, -0.05) is 15.9 Å². The molecule has 0 aliphatic rings. The number of benzene rings is 1. The monoisotopic (exact) mass is 324 g/mol. The average molecular weight is 325 g/mol. The molecule has 0 radical (unpaired) electrons. The average Bonchev–Trinajstić information content (AvgIpc) is 2.38. The van der Waals surface area contributed by atoms with Crippen LogP contribution in [0.25, 0.3) is 0 Å². The molecule has 0 saturated carbocycles. The number of nitriles is 1. The minimum Gasteiger partial charge on any atom is -0.496 e. The lowest BCUT2D eigenvalue weighted by Gasteiger charge is -2.28. The molecule has 0 heterocycles. The van der Waals surface area contributed by atoms with Gasteiger partial charge in [0.2, 0.25) is 0 Å². The fourth-order valence-corrected chi connectivity index (χ4v) is 2.91. The zero-order valence-electron chi connectivity index (χ0n) is 12.5. The number of nitrogens with zero attached hydrogens (tertiary/aromatic N) is 2. The molecule has 0 amide bonds. The molecule has 0 aliphatic heterocycles. The maximum absolute atomic E-state index is 9.07. The van der Waals surface area contributed by atoms with E-state index in [1.54, 1.807) is 7.11 Å². The zero-order valence-corrected chi connectivity index (χ0v) is 14.1. The molecule has 1 aromatic rings. The number of halogens is 1. The SMILES string of the molecule is COc1c(C)c(C)c(Br)c(C)c1C(CC#N)N(C)C. The molecule has 1 rings (SSSR count). The normalized spacial score (nSPS) is 12.4. The molecule has 0 fully saturated rings. The topological polar surface area (TPSA) is 36.3 Å². The van der Waals surface area contributed by atoms with Crippen LogP contribution in [0.15, 0.2) is 4.47 Å². The lowest BCUT2D eigenvalue weighted by atomic mass is 9.92. The predicted molar refractivity (Wildman–Crippen MR) is 81.6 cm³/mol. The number of hydrogen-bond donors (Lipinski definition) is 0. The molecule has 104 valence electrons. The van der Waals surface area contributed by atoms with E-state index in [0.29, 0.717) is 6.42 Å². The third-order valence-electron chi connectivity index (χ3n) is 3.66. The van der Waals surface area contributed by atoms with Crippen LogP contribution in [0, 0.1) is 32.1 Å². The van der Waals surface area contributed by atoms with Crippen molar-refractivity contribution >= 4 is 15.9 Å². The van der Waals surface area contributed by atoms with Crippen LogP contribution in [0.4, 0.5) is 0 Å². The van der Waals surface area contributed by atoms with E-state index in [2.05, 4.69) is 47.7 Å². The van der Waals surface area contributed by atoms with Gasteiger partial charge in [0.05, 0.1) is 25.6 Å². The standard InChI is InChI=1S/C15H21BrN2O/c1-9-10(2)15(19-6)13(11(3)14(9)16)12(7-8-17)18(4)5/h12H,7H2,1-6H3. The first kappa shape index (κ1) is 16.0. The second-order valence-electron chi connectivity index (χ2n) is 4.98. The highest BCUT2D eigenvalue weighted by molar-refractivity contribution is 9.10. The van der Waals surface area contributed by atoms with Crippen molar-refractivity contribution in [1.29, 1.82) is 5.26 Å². The van der Waals surface area contributed by atoms with E-state index in [1.165, 1.54) is 5.56 Å². The molecular formula is C15H21BrN2O. The number of methoxy groups -OCH3 is 1. The van der Waals surface area contributed by atoms with Crippen LogP contribution in [0.2, 0.25) is 0 Å². The summed E-state index contributed by atoms with van der Waals surface area (Å²) in [4.78, 5) is 2.06. The van der Waals surface area contributed by atoms with Crippen LogP contribution in [0.5, 0.6) is 5.75 Å². The quantitative estimate of drug-likeness (QED) is 0.842. The molecule has 3 nitrogen and oxygen atoms in total. The summed E-state index contributed by atoms with van der Waals surface area (Å²) in [6, 6.07) is 2.30. The molecule has 0 N–H and O–H groups in total. The van der Waals surface area contributed by atoms with Gasteiger partial charge >= 0.3 is 0 Å². The summed E-state index contributed by atoms with van der Waals surface area (Å²) in [6.45, 7) is 6.21. The van der Waals surface area contributed by atoms with Crippen molar-refractivity contribution < 1.29 is 4.74 Å². The number of rotatable bonds is 4. The van der Waals surface area contributed by atoms with Gasteiger partial charge in [0.15, 0.2) is 0 Å². The number of ether oxygens (including phenoxy) is 1. The Bertz CT molecular complexity index is 518. The summed E-state index contributed by atoms with van der Waals surface area (Å²) in [5.74, 6) is 0.896. The highest BCUT2D eigenvalue weighted by Crippen LogP contribution is 2.41. The van der Waals surface area contributed by atoms with E-state index in [-0.39, 0.29) is 6.04 Å². The number of hydrogen-bond acceptors (Lipinski definition) is 3. The van der Waals surface area contributed by atoms with Gasteiger partial charge in [-0.25, -0.2) is 0 Å². The smallest absolute Gasteiger partial charge is 0.127 e. The summed E-state index contributed by atoms with van der Waals surface area (Å²) in [5, 5.41) is 9.07. The van der Waals surface area contributed by atoms with Gasteiger partial charge in [0.1, 0.15) is 5.75 Å². The Kier molecular flexibility index (Phi) is 5.39. The lowest BCUT2D eigenvalue weighted by Crippen LogP contribution is -2.22. The van der Waals surface area contributed by atoms with Crippen molar-refractivity contribution in [2.24, 2.45) is 0 Å². The van der Waals surface area contributed by atoms with E-state index in [9.17, 15) is 0 Å². The molecule has 0 spiro atoms. The van der Waals surface area contributed by atoms with Gasteiger partial charge in [-0.15, -0.1) is 0 Å². The predicted octanol–water partition coefficient (Wildman–Crippen LogP) is 3.90. The minimum absolute atomic E-state index is 0.0375. The minimum atomic E-state index is 0.0375. The highest BCUT2D eigenvalue weighted by atomic mass is 79.9. The second-order valence-corrected chi connectivity index (χ2v) is 5.77. The van der Waals surface area contributed by atoms with Crippen molar-refractivity contribution in [3.05, 3.63) is 26.7 Å². The Hall–Kier alpha value is -1.05. The van der Waals surface area contributed by atoms with E-state index in [0.717, 1.165) is 26.9 Å². The van der Waals surface area contributed by atoms with Gasteiger partial charge in [-0.3, -0.25) is 0 Å². The summed E-state index contributed by atoms with van der Waals surface area (Å²) >= 11 is 3.66. The Morgan fingerprint density at radius 1 is 1.21 bits per heavy atom. The molecular weight excluding hydrogens is 304 g/mol. The van der Waals surface area contributed by atoms with Gasteiger partial charge in [0.25, 0.3) is 0 Å². The van der Waals surface area contributed by atoms with Gasteiger partial charge in [-0.05, 0) is 51.6 Å². The van der Waals surface area contributed by atoms with Crippen LogP contribution in [-0.4, -0.2) is 26.1 Å². The Balaban J connectivity index is 3.61. The largest absolute Gasteiger partial charge is 0.496 e. The van der Waals surface area contributed by atoms with Crippen LogP contribution >= 0.6 is 15.9 Å². The van der Waals surface area contributed by atoms with Gasteiger partial charge in [-0.2, -0.15) is 5.26 Å². The molecule has 0 bridgehead atoms. The lowest BCUT2D eigenvalue weighted by molar-refractivity contribution is 0.290. The van der Waals surface area contributed by atoms with Crippen molar-refractivity contribution in [3.8, 4) is 11.8 Å². The molecule has 1 aromatic carbocycles. The molecule has 1 unspecified atom stereocenters. The van der Waals surface area contributed by atoms with Crippen molar-refractivity contribution in [2.75, 3.05) is 21.2 Å². The third-order valence-corrected chi connectivity index (χ3v) is 4.85. The Morgan fingerprint density at radius 2 is 1.79 bits per heavy atom. The third kappa shape index (κ3) is 2.93. The van der Waals surface area contributed by atoms with Gasteiger partial charge < -0.3 is 9.64 Å². The summed E-state index contributed by atoms with van der Waals surface area (Å²) in [7, 11) is 5.67. The van der Waals surface area contributed by atoms with E-state index in [1.807, 2.05) is 14.1 Å². The summed E-state index contributed by atoms with van der Waals surface area (Å²) in [6.07, 6.45) is 0.444. The van der Waals surface area contributed by atoms with Crippen LogP contribution in [0.3, 0.4) is 0 Å². The Morgan fingerprint density at radius 3 is 2.21 bits per heavy atom. The first-order valence-electron chi connectivity index (χ1n) is 6.23. The maximum Gasteiger partial charge on any atom is 0.127 e. The van der Waals surface area contributed by atoms with Crippen molar-refractivity contribution in [3.63, 3.8) is 0 Å². The van der Waals surface area contributed by atoms with Crippen molar-refractivity contribution in [2.45, 2.75) is 33.2 Å². The molecule has 0 aliphatic carbocycles. The van der Waals surface area contributed by atoms with Crippen LogP contribution in [0.1, 0.15) is 34.7 Å². The zero-order chi connectivity index (χ0) is 14.7. The highest BCUT2D eigenvalue weighted by Gasteiger charge is 2.25. The maximum atomic E-state index is 9.07. The molecule has 0 aromatic heterocycles. The van der Waals surface area contributed by atoms with Gasteiger partial charge in [0, 0.05) is 10.0 Å². The molecule has 1 atom stereocenters. The Labute approximate surface area is 124 Å². The van der Waals surface area contributed by atoms with Crippen LogP contribution < -0.4 is 4.74 Å². The molecule has 4 heteroatoms. The second kappa shape index (κ2) is 6.40. The van der Waals surface area contributed by atoms with Crippen molar-refractivity contribution in [1.82, 2.24) is 4.90 Å². The van der Waals surface area contributed by atoms with E-state index in [4.69, 9.17) is 10.00 Å². The van der Waals surface area contributed by atoms with Crippen LogP contribution in [-0.2, 0) is 0 Å². The summed E-state index contributed by atoms with van der Waals surface area (Å²) in [5.41, 5.74) is 4.56. The fourth-order valence-electron chi connectivity index (χ4n) is 2.40. The fraction of sp³-hybridized carbons (Fsp3) is 0.533. The first-order valence-corrected chi connectivity index (χ1v) is 7.02. The molecule has 19 heavy (non-hydrogen) atoms. The van der Waals surface area contributed by atoms with E-state index < -0.39 is 0 Å². The first-order chi connectivity index (χ1) is 8.86. The summed E-state index contributed by atoms with van der Waals surface area (Å²) < 4.78 is 6.72. The van der Waals surface area contributed by atoms with E-state index >= 15 is 0 Å².